The third-order valence-corrected chi connectivity index (χ3v) is 6.89. The first-order valence-electron chi connectivity index (χ1n) is 9.40. The molecule has 4 aliphatic rings. The molecule has 0 aromatic carbocycles. The van der Waals surface area contributed by atoms with Gasteiger partial charge in [-0.25, -0.2) is 0 Å². The Labute approximate surface area is 144 Å². The van der Waals surface area contributed by atoms with Gasteiger partial charge in [-0.2, -0.15) is 0 Å². The molecule has 0 aromatic heterocycles. The molecule has 5 heteroatoms. The van der Waals surface area contributed by atoms with E-state index in [-0.39, 0.29) is 29.1 Å². The van der Waals surface area contributed by atoms with Crippen LogP contribution in [0.25, 0.3) is 0 Å². The number of carbonyl (C=O) groups is 2. The second-order valence-corrected chi connectivity index (χ2v) is 7.94. The van der Waals surface area contributed by atoms with E-state index in [4.69, 9.17) is 4.74 Å². The summed E-state index contributed by atoms with van der Waals surface area (Å²) in [7, 11) is 2.06. The lowest BCUT2D eigenvalue weighted by Gasteiger charge is -2.63. The quantitative estimate of drug-likeness (QED) is 0.572. The van der Waals surface area contributed by atoms with Gasteiger partial charge in [-0.15, -0.1) is 0 Å². The molecule has 1 spiro atoms. The average Bonchev–Trinajstić information content (AvgIpc) is 2.75. The first-order valence-corrected chi connectivity index (χ1v) is 9.40. The molecule has 5 nitrogen and oxygen atoms in total. The van der Waals surface area contributed by atoms with Crippen molar-refractivity contribution in [2.45, 2.75) is 57.6 Å². The molecule has 3 aliphatic carbocycles. The number of fused-ring (bicyclic) bond motifs is 1. The lowest BCUT2D eigenvalue weighted by molar-refractivity contribution is -0.204. The molecule has 0 N–H and O–H groups in total. The van der Waals surface area contributed by atoms with Gasteiger partial charge in [0.1, 0.15) is 0 Å². The summed E-state index contributed by atoms with van der Waals surface area (Å²) in [5.74, 6) is -0.175. The Morgan fingerprint density at radius 2 is 1.83 bits per heavy atom. The maximum Gasteiger partial charge on any atom is 0.234 e. The van der Waals surface area contributed by atoms with Gasteiger partial charge in [-0.3, -0.25) is 19.4 Å². The van der Waals surface area contributed by atoms with Crippen LogP contribution in [0.4, 0.5) is 0 Å². The van der Waals surface area contributed by atoms with E-state index in [0.29, 0.717) is 18.8 Å². The van der Waals surface area contributed by atoms with E-state index >= 15 is 0 Å². The number of nitrogens with zero attached hydrogens (tertiary/aromatic N) is 2. The van der Waals surface area contributed by atoms with Crippen LogP contribution in [-0.2, 0) is 14.3 Å². The summed E-state index contributed by atoms with van der Waals surface area (Å²) in [6.45, 7) is 3.26. The summed E-state index contributed by atoms with van der Waals surface area (Å²) in [6, 6.07) is 0.434. The number of ether oxygens (including phenoxy) is 1. The van der Waals surface area contributed by atoms with E-state index in [2.05, 4.69) is 18.9 Å². The zero-order valence-corrected chi connectivity index (χ0v) is 14.7. The lowest BCUT2D eigenvalue weighted by Crippen LogP contribution is -2.68. The fraction of sp³-hybridized carbons (Fsp3) is 0.789. The minimum absolute atomic E-state index is 0.0320. The zero-order valence-electron chi connectivity index (χ0n) is 14.7. The molecule has 2 amide bonds. The Morgan fingerprint density at radius 1 is 1.21 bits per heavy atom. The lowest BCUT2D eigenvalue weighted by atomic mass is 9.50. The molecule has 4 atom stereocenters. The highest BCUT2D eigenvalue weighted by molar-refractivity contribution is 6.05. The summed E-state index contributed by atoms with van der Waals surface area (Å²) in [4.78, 5) is 29.0. The summed E-state index contributed by atoms with van der Waals surface area (Å²) in [5.41, 5.74) is 0.269. The summed E-state index contributed by atoms with van der Waals surface area (Å²) < 4.78 is 5.92. The number of hydrogen-bond donors (Lipinski definition) is 0. The highest BCUT2D eigenvalue weighted by Crippen LogP contribution is 2.59. The molecule has 132 valence electrons. The number of hydrogen-bond acceptors (Lipinski definition) is 4. The Bertz CT molecular complexity index is 543. The smallest absolute Gasteiger partial charge is 0.234 e. The van der Waals surface area contributed by atoms with Crippen molar-refractivity contribution in [2.24, 2.45) is 17.3 Å². The number of allylic oxidation sites excluding steroid dienone is 2. The molecule has 24 heavy (non-hydrogen) atoms. The van der Waals surface area contributed by atoms with E-state index in [0.717, 1.165) is 25.9 Å². The normalized spacial score (nSPS) is 36.9. The third kappa shape index (κ3) is 2.21. The van der Waals surface area contributed by atoms with E-state index in [1.807, 2.05) is 12.2 Å². The van der Waals surface area contributed by atoms with Crippen LogP contribution in [0.1, 0.15) is 45.4 Å². The molecule has 0 bridgehead atoms. The van der Waals surface area contributed by atoms with Gasteiger partial charge in [0.05, 0.1) is 24.6 Å². The first kappa shape index (κ1) is 16.3. The SMILES string of the molecule is CCO[C@@H]1C[C@H](N(C)CN2C(=O)[C@H]3CC=CC[C@@H]3C2=O)C12CCC2. The average molecular weight is 332 g/mol. The van der Waals surface area contributed by atoms with Crippen molar-refractivity contribution in [1.82, 2.24) is 9.80 Å². The maximum absolute atomic E-state index is 12.6. The van der Waals surface area contributed by atoms with Crippen LogP contribution in [0.3, 0.4) is 0 Å². The van der Waals surface area contributed by atoms with Crippen LogP contribution >= 0.6 is 0 Å². The monoisotopic (exact) mass is 332 g/mol. The van der Waals surface area contributed by atoms with E-state index in [1.54, 1.807) is 0 Å². The fourth-order valence-corrected chi connectivity index (χ4v) is 5.35. The van der Waals surface area contributed by atoms with Gasteiger partial charge in [0.25, 0.3) is 0 Å². The van der Waals surface area contributed by atoms with Crippen LogP contribution < -0.4 is 0 Å². The summed E-state index contributed by atoms with van der Waals surface area (Å²) in [6.07, 6.45) is 10.6. The summed E-state index contributed by atoms with van der Waals surface area (Å²) >= 11 is 0. The molecular weight excluding hydrogens is 304 g/mol. The minimum atomic E-state index is -0.119. The van der Waals surface area contributed by atoms with Crippen LogP contribution in [0.5, 0.6) is 0 Å². The van der Waals surface area contributed by atoms with Crippen molar-refractivity contribution in [2.75, 3.05) is 20.3 Å². The van der Waals surface area contributed by atoms with Gasteiger partial charge in [-0.05, 0) is 46.1 Å². The molecule has 0 unspecified atom stereocenters. The Balaban J connectivity index is 1.43. The van der Waals surface area contributed by atoms with Crippen molar-refractivity contribution < 1.29 is 14.3 Å². The van der Waals surface area contributed by atoms with Gasteiger partial charge in [0.2, 0.25) is 11.8 Å². The minimum Gasteiger partial charge on any atom is -0.378 e. The van der Waals surface area contributed by atoms with Crippen LogP contribution in [-0.4, -0.2) is 54.1 Å². The molecule has 3 fully saturated rings. The van der Waals surface area contributed by atoms with E-state index in [1.165, 1.54) is 24.2 Å². The maximum atomic E-state index is 12.6. The molecule has 4 rings (SSSR count). The molecule has 1 heterocycles. The number of carbonyl (C=O) groups excluding carboxylic acids is 2. The standard InChI is InChI=1S/C19H28N2O3/c1-3-24-16-11-15(19(16)9-6-10-19)20(2)12-21-17(22)13-7-4-5-8-14(13)18(21)23/h4-5,13-16H,3,6-12H2,1-2H3/t13-,14-,15-,16+/m0/s1. The predicted octanol–water partition coefficient (Wildman–Crippen LogP) is 2.17. The third-order valence-electron chi connectivity index (χ3n) is 6.89. The van der Waals surface area contributed by atoms with Crippen LogP contribution in [0.15, 0.2) is 12.2 Å². The van der Waals surface area contributed by atoms with E-state index < -0.39 is 0 Å². The second kappa shape index (κ2) is 5.95. The van der Waals surface area contributed by atoms with Gasteiger partial charge in [0.15, 0.2) is 0 Å². The molecular formula is C19H28N2O3. The largest absolute Gasteiger partial charge is 0.378 e. The van der Waals surface area contributed by atoms with Crippen LogP contribution in [0.2, 0.25) is 0 Å². The fourth-order valence-electron chi connectivity index (χ4n) is 5.35. The number of imide groups is 1. The molecule has 2 saturated carbocycles. The van der Waals surface area contributed by atoms with Gasteiger partial charge < -0.3 is 4.74 Å². The van der Waals surface area contributed by atoms with Crippen molar-refractivity contribution in [3.63, 3.8) is 0 Å². The topological polar surface area (TPSA) is 49.9 Å². The Kier molecular flexibility index (Phi) is 4.04. The first-order chi connectivity index (χ1) is 11.6. The van der Waals surface area contributed by atoms with Crippen LogP contribution in [0, 0.1) is 17.3 Å². The Morgan fingerprint density at radius 3 is 2.33 bits per heavy atom. The number of rotatable bonds is 5. The molecule has 1 aliphatic heterocycles. The van der Waals surface area contributed by atoms with Gasteiger partial charge >= 0.3 is 0 Å². The number of amides is 2. The highest BCUT2D eigenvalue weighted by Gasteiger charge is 2.60. The van der Waals surface area contributed by atoms with Gasteiger partial charge in [-0.1, -0.05) is 18.6 Å². The molecule has 0 radical (unpaired) electrons. The molecule has 0 aromatic rings. The number of likely N-dealkylation sites (tertiary alicyclic amines) is 1. The predicted molar refractivity (Wildman–Crippen MR) is 89.9 cm³/mol. The zero-order chi connectivity index (χ0) is 16.9. The van der Waals surface area contributed by atoms with Crippen molar-refractivity contribution in [3.05, 3.63) is 12.2 Å². The summed E-state index contributed by atoms with van der Waals surface area (Å²) in [5, 5.41) is 0. The van der Waals surface area contributed by atoms with Crippen molar-refractivity contribution >= 4 is 11.8 Å². The van der Waals surface area contributed by atoms with Gasteiger partial charge in [0, 0.05) is 18.1 Å². The van der Waals surface area contributed by atoms with Crippen molar-refractivity contribution in [1.29, 1.82) is 0 Å². The van der Waals surface area contributed by atoms with Crippen molar-refractivity contribution in [3.8, 4) is 0 Å². The van der Waals surface area contributed by atoms with E-state index in [9.17, 15) is 9.59 Å². The molecule has 1 saturated heterocycles. The second-order valence-electron chi connectivity index (χ2n) is 7.94. The Hall–Kier alpha value is -1.20. The highest BCUT2D eigenvalue weighted by atomic mass is 16.5.